The van der Waals surface area contributed by atoms with Crippen LogP contribution in [0.25, 0.3) is 0 Å². The number of rotatable bonds is 1. The normalized spacial score (nSPS) is 48.7. The minimum absolute atomic E-state index is 0. The number of carboxylic acid groups (broad SMARTS) is 1. The van der Waals surface area contributed by atoms with Gasteiger partial charge >= 0.3 is 74.9 Å². The average Bonchev–Trinajstić information content (AvgIpc) is 2.00. The van der Waals surface area contributed by atoms with Crippen molar-refractivity contribution in [3.8, 4) is 0 Å². The SMILES string of the molecule is O=C(O)C1C2CC3CC(C2)CC1C3.[CsH]. The first-order valence-corrected chi connectivity index (χ1v) is 5.47. The third-order valence-electron chi connectivity index (χ3n) is 4.51. The van der Waals surface area contributed by atoms with Crippen LogP contribution in [0.3, 0.4) is 0 Å². The standard InChI is InChI=1S/C11H16O2.Cs.H/c12-11(13)10-8-2-6-1-7(4-8)5-9(10)3-6;;/h6-10H,1-5H2,(H,12,13);;. The van der Waals surface area contributed by atoms with Crippen molar-refractivity contribution < 1.29 is 9.90 Å². The van der Waals surface area contributed by atoms with Gasteiger partial charge in [0.1, 0.15) is 0 Å². The molecule has 0 aliphatic heterocycles. The van der Waals surface area contributed by atoms with E-state index in [-0.39, 0.29) is 74.8 Å². The molecule has 14 heavy (non-hydrogen) atoms. The average molecular weight is 314 g/mol. The Balaban J connectivity index is 0.000000750. The molecule has 3 heteroatoms. The van der Waals surface area contributed by atoms with Crippen molar-refractivity contribution in [2.24, 2.45) is 29.6 Å². The molecule has 4 aliphatic carbocycles. The summed E-state index contributed by atoms with van der Waals surface area (Å²) in [6.45, 7) is 0. The molecule has 4 rings (SSSR count). The van der Waals surface area contributed by atoms with Crippen LogP contribution in [0.1, 0.15) is 32.1 Å². The summed E-state index contributed by atoms with van der Waals surface area (Å²) >= 11 is 0. The molecular weight excluding hydrogens is 297 g/mol. The van der Waals surface area contributed by atoms with Crippen molar-refractivity contribution >= 4 is 74.9 Å². The molecule has 4 saturated carbocycles. The maximum absolute atomic E-state index is 11.1. The van der Waals surface area contributed by atoms with E-state index in [0.717, 1.165) is 11.8 Å². The molecule has 0 radical (unpaired) electrons. The molecule has 4 aliphatic rings. The van der Waals surface area contributed by atoms with Gasteiger partial charge < -0.3 is 5.11 Å². The number of carbonyl (C=O) groups is 1. The molecule has 0 atom stereocenters. The first-order chi connectivity index (χ1) is 6.24. The molecule has 0 spiro atoms. The fourth-order valence-corrected chi connectivity index (χ4v) is 4.33. The summed E-state index contributed by atoms with van der Waals surface area (Å²) in [4.78, 5) is 11.1. The van der Waals surface area contributed by atoms with Crippen LogP contribution < -0.4 is 0 Å². The third-order valence-corrected chi connectivity index (χ3v) is 4.51. The molecule has 0 heterocycles. The second-order valence-electron chi connectivity index (χ2n) is 5.29. The van der Waals surface area contributed by atoms with Crippen LogP contribution in [-0.2, 0) is 4.79 Å². The zero-order valence-electron chi connectivity index (χ0n) is 7.78. The summed E-state index contributed by atoms with van der Waals surface area (Å²) in [7, 11) is 0. The number of carboxylic acids is 1. The zero-order chi connectivity index (χ0) is 9.00. The van der Waals surface area contributed by atoms with Crippen molar-refractivity contribution in [2.45, 2.75) is 32.1 Å². The molecule has 0 unspecified atom stereocenters. The summed E-state index contributed by atoms with van der Waals surface area (Å²) < 4.78 is 0. The summed E-state index contributed by atoms with van der Waals surface area (Å²) in [5.41, 5.74) is 0. The van der Waals surface area contributed by atoms with E-state index in [4.69, 9.17) is 5.11 Å². The monoisotopic (exact) mass is 314 g/mol. The fourth-order valence-electron chi connectivity index (χ4n) is 4.33. The number of hydrogen-bond donors (Lipinski definition) is 1. The van der Waals surface area contributed by atoms with E-state index >= 15 is 0 Å². The van der Waals surface area contributed by atoms with Crippen LogP contribution in [0.15, 0.2) is 0 Å². The van der Waals surface area contributed by atoms with E-state index in [2.05, 4.69) is 0 Å². The molecular formula is C11H17CsO2. The Kier molecular flexibility index (Phi) is 3.78. The molecule has 0 saturated heterocycles. The quantitative estimate of drug-likeness (QED) is 0.796. The molecule has 4 fully saturated rings. The van der Waals surface area contributed by atoms with Crippen LogP contribution >= 0.6 is 0 Å². The molecule has 74 valence electrons. The molecule has 0 aromatic rings. The fraction of sp³-hybridized carbons (Fsp3) is 0.909. The van der Waals surface area contributed by atoms with Gasteiger partial charge in [0.2, 0.25) is 0 Å². The van der Waals surface area contributed by atoms with E-state index in [1.54, 1.807) is 0 Å². The van der Waals surface area contributed by atoms with Crippen molar-refractivity contribution in [1.29, 1.82) is 0 Å². The second kappa shape index (κ2) is 4.42. The Morgan fingerprint density at radius 2 is 1.36 bits per heavy atom. The van der Waals surface area contributed by atoms with Gasteiger partial charge in [0.25, 0.3) is 0 Å². The van der Waals surface area contributed by atoms with Crippen LogP contribution in [0.4, 0.5) is 0 Å². The van der Waals surface area contributed by atoms with Gasteiger partial charge in [-0.05, 0) is 55.8 Å². The van der Waals surface area contributed by atoms with E-state index in [1.807, 2.05) is 0 Å². The first-order valence-electron chi connectivity index (χ1n) is 5.47. The Morgan fingerprint density at radius 3 is 1.71 bits per heavy atom. The van der Waals surface area contributed by atoms with Gasteiger partial charge in [-0.2, -0.15) is 0 Å². The van der Waals surface area contributed by atoms with Gasteiger partial charge in [-0.15, -0.1) is 0 Å². The van der Waals surface area contributed by atoms with Gasteiger partial charge in [0.15, 0.2) is 0 Å². The Bertz CT molecular complexity index is 224. The van der Waals surface area contributed by atoms with Crippen molar-refractivity contribution in [1.82, 2.24) is 0 Å². The van der Waals surface area contributed by atoms with Gasteiger partial charge in [-0.25, -0.2) is 0 Å². The predicted octanol–water partition coefficient (Wildman–Crippen LogP) is 1.49. The minimum atomic E-state index is -0.520. The van der Waals surface area contributed by atoms with Gasteiger partial charge in [-0.3, -0.25) is 4.79 Å². The van der Waals surface area contributed by atoms with Crippen molar-refractivity contribution in [2.75, 3.05) is 0 Å². The number of aliphatic carboxylic acids is 1. The second-order valence-corrected chi connectivity index (χ2v) is 5.29. The van der Waals surface area contributed by atoms with Crippen LogP contribution in [0, 0.1) is 29.6 Å². The summed E-state index contributed by atoms with van der Waals surface area (Å²) in [6, 6.07) is 0. The van der Waals surface area contributed by atoms with Crippen LogP contribution in [0.2, 0.25) is 0 Å². The summed E-state index contributed by atoms with van der Waals surface area (Å²) in [6.07, 6.45) is 6.25. The third kappa shape index (κ3) is 1.89. The molecule has 2 nitrogen and oxygen atoms in total. The maximum atomic E-state index is 11.1. The molecule has 0 aromatic carbocycles. The zero-order valence-corrected chi connectivity index (χ0v) is 7.78. The first kappa shape index (κ1) is 12.0. The number of hydrogen-bond acceptors (Lipinski definition) is 1. The van der Waals surface area contributed by atoms with E-state index < -0.39 is 5.97 Å². The van der Waals surface area contributed by atoms with E-state index in [9.17, 15) is 4.79 Å². The van der Waals surface area contributed by atoms with Crippen LogP contribution in [0.5, 0.6) is 0 Å². The van der Waals surface area contributed by atoms with Gasteiger partial charge in [0, 0.05) is 0 Å². The Morgan fingerprint density at radius 1 is 0.929 bits per heavy atom. The van der Waals surface area contributed by atoms with Gasteiger partial charge in [-0.1, -0.05) is 0 Å². The summed E-state index contributed by atoms with van der Waals surface area (Å²) in [5, 5.41) is 9.15. The van der Waals surface area contributed by atoms with E-state index in [1.165, 1.54) is 32.1 Å². The molecule has 4 bridgehead atoms. The Labute approximate surface area is 144 Å². The predicted molar refractivity (Wildman–Crippen MR) is 55.3 cm³/mol. The van der Waals surface area contributed by atoms with Gasteiger partial charge in [0.05, 0.1) is 5.92 Å². The summed E-state index contributed by atoms with van der Waals surface area (Å²) in [5.74, 6) is 2.35. The van der Waals surface area contributed by atoms with Crippen molar-refractivity contribution in [3.63, 3.8) is 0 Å². The molecule has 0 aromatic heterocycles. The van der Waals surface area contributed by atoms with Crippen LogP contribution in [-0.4, -0.2) is 80.0 Å². The molecule has 1 N–H and O–H groups in total. The van der Waals surface area contributed by atoms with Crippen molar-refractivity contribution in [3.05, 3.63) is 0 Å². The van der Waals surface area contributed by atoms with E-state index in [0.29, 0.717) is 11.8 Å². The topological polar surface area (TPSA) is 37.3 Å². The molecule has 0 amide bonds. The Hall–Kier alpha value is 1.52.